The summed E-state index contributed by atoms with van der Waals surface area (Å²) in [4.78, 5) is 12.6. The summed E-state index contributed by atoms with van der Waals surface area (Å²) in [5.74, 6) is 1.39. The molecule has 5 rings (SSSR count). The quantitative estimate of drug-likeness (QED) is 0.854. The molecule has 102 valence electrons. The van der Waals surface area contributed by atoms with Crippen molar-refractivity contribution in [1.82, 2.24) is 10.2 Å². The van der Waals surface area contributed by atoms with Crippen LogP contribution in [-0.4, -0.2) is 21.0 Å². The van der Waals surface area contributed by atoms with Gasteiger partial charge in [-0.15, -0.1) is 21.8 Å². The molecule has 1 amide bonds. The van der Waals surface area contributed by atoms with Crippen LogP contribution in [0.4, 0.5) is 5.13 Å². The highest BCUT2D eigenvalue weighted by Crippen LogP contribution is 2.64. The van der Waals surface area contributed by atoms with Gasteiger partial charge in [0.1, 0.15) is 5.51 Å². The van der Waals surface area contributed by atoms with Crippen LogP contribution < -0.4 is 5.32 Å². The summed E-state index contributed by atoms with van der Waals surface area (Å²) in [6.45, 7) is 0. The lowest BCUT2D eigenvalue weighted by atomic mass is 9.49. The molecule has 4 nitrogen and oxygen atoms in total. The van der Waals surface area contributed by atoms with Crippen LogP contribution in [0.15, 0.2) is 5.51 Å². The third-order valence-corrected chi connectivity index (χ3v) is 6.10. The lowest BCUT2D eigenvalue weighted by Crippen LogP contribution is -2.57. The van der Waals surface area contributed by atoms with Crippen LogP contribution >= 0.6 is 22.9 Å². The van der Waals surface area contributed by atoms with Gasteiger partial charge >= 0.3 is 0 Å². The zero-order chi connectivity index (χ0) is 13.1. The Hall–Kier alpha value is -0.680. The van der Waals surface area contributed by atoms with E-state index in [2.05, 4.69) is 15.5 Å². The van der Waals surface area contributed by atoms with Crippen molar-refractivity contribution in [1.29, 1.82) is 0 Å². The van der Waals surface area contributed by atoms with Gasteiger partial charge in [-0.1, -0.05) is 11.3 Å². The van der Waals surface area contributed by atoms with Crippen molar-refractivity contribution in [3.63, 3.8) is 0 Å². The number of hydrogen-bond acceptors (Lipinski definition) is 4. The molecule has 0 unspecified atom stereocenters. The minimum absolute atomic E-state index is 0.114. The maximum absolute atomic E-state index is 12.7. The van der Waals surface area contributed by atoms with Crippen LogP contribution in [-0.2, 0) is 4.79 Å². The lowest BCUT2D eigenvalue weighted by molar-refractivity contribution is -0.138. The molecule has 0 aromatic carbocycles. The van der Waals surface area contributed by atoms with Gasteiger partial charge in [0.15, 0.2) is 0 Å². The third kappa shape index (κ3) is 1.89. The fraction of sp³-hybridized carbons (Fsp3) is 0.769. The van der Waals surface area contributed by atoms with Crippen molar-refractivity contribution in [2.45, 2.75) is 43.4 Å². The summed E-state index contributed by atoms with van der Waals surface area (Å²) in [5.41, 5.74) is 1.38. The van der Waals surface area contributed by atoms with Crippen molar-refractivity contribution in [3.8, 4) is 0 Å². The number of rotatable bonds is 2. The maximum Gasteiger partial charge on any atom is 0.232 e. The first-order chi connectivity index (χ1) is 9.07. The van der Waals surface area contributed by atoms with Gasteiger partial charge in [-0.3, -0.25) is 4.79 Å². The second-order valence-electron chi connectivity index (χ2n) is 6.59. The van der Waals surface area contributed by atoms with E-state index in [1.807, 2.05) is 0 Å². The highest BCUT2D eigenvalue weighted by molar-refractivity contribution is 7.13. The second-order valence-corrected chi connectivity index (χ2v) is 8.23. The Labute approximate surface area is 120 Å². The van der Waals surface area contributed by atoms with E-state index in [0.717, 1.165) is 32.1 Å². The Kier molecular flexibility index (Phi) is 2.49. The summed E-state index contributed by atoms with van der Waals surface area (Å²) < 4.78 is 0. The van der Waals surface area contributed by atoms with Gasteiger partial charge in [0.05, 0.1) is 5.41 Å². The Morgan fingerprint density at radius 3 is 2.68 bits per heavy atom. The summed E-state index contributed by atoms with van der Waals surface area (Å²) in [7, 11) is 0. The van der Waals surface area contributed by atoms with Crippen LogP contribution in [0.25, 0.3) is 0 Å². The van der Waals surface area contributed by atoms with Crippen molar-refractivity contribution in [2.75, 3.05) is 5.32 Å². The monoisotopic (exact) mass is 297 g/mol. The van der Waals surface area contributed by atoms with Crippen molar-refractivity contribution in [3.05, 3.63) is 5.51 Å². The second kappa shape index (κ2) is 3.92. The minimum atomic E-state index is -0.252. The van der Waals surface area contributed by atoms with Crippen LogP contribution in [0.2, 0.25) is 0 Å². The van der Waals surface area contributed by atoms with Crippen molar-refractivity contribution in [2.24, 2.45) is 17.3 Å². The van der Waals surface area contributed by atoms with Gasteiger partial charge in [-0.2, -0.15) is 0 Å². The zero-order valence-electron chi connectivity index (χ0n) is 10.6. The number of nitrogens with zero attached hydrogens (tertiary/aromatic N) is 2. The lowest BCUT2D eigenvalue weighted by Gasteiger charge is -2.59. The predicted molar refractivity (Wildman–Crippen MR) is 74.2 cm³/mol. The molecule has 0 radical (unpaired) electrons. The van der Waals surface area contributed by atoms with E-state index in [-0.39, 0.29) is 16.2 Å². The average Bonchev–Trinajstić information content (AvgIpc) is 2.78. The molecule has 1 N–H and O–H groups in total. The zero-order valence-corrected chi connectivity index (χ0v) is 12.1. The molecule has 6 heteroatoms. The van der Waals surface area contributed by atoms with Crippen molar-refractivity contribution >= 4 is 34.0 Å². The fourth-order valence-corrected chi connectivity index (χ4v) is 6.01. The molecule has 0 saturated heterocycles. The van der Waals surface area contributed by atoms with Crippen LogP contribution in [0, 0.1) is 17.3 Å². The Morgan fingerprint density at radius 1 is 1.37 bits per heavy atom. The van der Waals surface area contributed by atoms with E-state index in [4.69, 9.17) is 11.6 Å². The highest BCUT2D eigenvalue weighted by Gasteiger charge is 2.60. The molecule has 19 heavy (non-hydrogen) atoms. The normalized spacial score (nSPS) is 43.4. The van der Waals surface area contributed by atoms with E-state index in [0.29, 0.717) is 17.0 Å². The molecule has 4 aliphatic carbocycles. The van der Waals surface area contributed by atoms with E-state index in [1.165, 1.54) is 17.8 Å². The van der Waals surface area contributed by atoms with Crippen LogP contribution in [0.1, 0.15) is 38.5 Å². The highest BCUT2D eigenvalue weighted by atomic mass is 35.5. The number of carbonyl (C=O) groups is 1. The van der Waals surface area contributed by atoms with Gasteiger partial charge in [-0.25, -0.2) is 0 Å². The molecule has 1 aromatic heterocycles. The van der Waals surface area contributed by atoms with Crippen LogP contribution in [0.5, 0.6) is 0 Å². The molecular formula is C13H16ClN3OS. The van der Waals surface area contributed by atoms with Crippen LogP contribution in [0.3, 0.4) is 0 Å². The van der Waals surface area contributed by atoms with Gasteiger partial charge in [0.25, 0.3) is 0 Å². The molecule has 0 aliphatic heterocycles. The summed E-state index contributed by atoms with van der Waals surface area (Å²) in [5, 5.41) is 11.2. The van der Waals surface area contributed by atoms with Gasteiger partial charge in [0.2, 0.25) is 11.0 Å². The van der Waals surface area contributed by atoms with Crippen molar-refractivity contribution < 1.29 is 4.79 Å². The topological polar surface area (TPSA) is 54.9 Å². The number of hydrogen-bond donors (Lipinski definition) is 1. The third-order valence-electron chi connectivity index (χ3n) is 5.05. The van der Waals surface area contributed by atoms with E-state index in [1.54, 1.807) is 5.51 Å². The molecule has 4 aliphatic rings. The molecule has 0 spiro atoms. The first-order valence-electron chi connectivity index (χ1n) is 6.84. The number of aromatic nitrogens is 2. The fourth-order valence-electron chi connectivity index (χ4n) is 4.87. The Balaban J connectivity index is 1.61. The number of alkyl halides is 1. The molecule has 2 atom stereocenters. The first-order valence-corrected chi connectivity index (χ1v) is 8.09. The molecule has 4 bridgehead atoms. The first kappa shape index (κ1) is 12.1. The van der Waals surface area contributed by atoms with E-state index < -0.39 is 0 Å². The molecular weight excluding hydrogens is 282 g/mol. The maximum atomic E-state index is 12.7. The smallest absolute Gasteiger partial charge is 0.232 e. The minimum Gasteiger partial charge on any atom is -0.300 e. The number of anilines is 1. The molecule has 4 saturated carbocycles. The van der Waals surface area contributed by atoms with Gasteiger partial charge in [0, 0.05) is 4.87 Å². The van der Waals surface area contributed by atoms with Gasteiger partial charge in [-0.05, 0) is 50.4 Å². The number of amides is 1. The standard InChI is InChI=1S/C13H16ClN3OS/c14-13-4-8-1-9(5-13)3-12(2-8,6-13)10(18)16-11-17-15-7-19-11/h7-9H,1-6H2,(H,16,17,18)/t8-,9-,12?,13?/m1/s1. The number of carbonyl (C=O) groups excluding carboxylic acids is 1. The summed E-state index contributed by atoms with van der Waals surface area (Å²) in [6.07, 6.45) is 6.30. The Bertz CT molecular complexity index is 504. The molecule has 4 fully saturated rings. The van der Waals surface area contributed by atoms with E-state index >= 15 is 0 Å². The van der Waals surface area contributed by atoms with E-state index in [9.17, 15) is 4.79 Å². The average molecular weight is 298 g/mol. The summed E-state index contributed by atoms with van der Waals surface area (Å²) in [6, 6.07) is 0. The summed E-state index contributed by atoms with van der Waals surface area (Å²) >= 11 is 8.11. The predicted octanol–water partition coefficient (Wildman–Crippen LogP) is 3.05. The Morgan fingerprint density at radius 2 is 2.11 bits per heavy atom. The van der Waals surface area contributed by atoms with Gasteiger partial charge < -0.3 is 5.32 Å². The SMILES string of the molecule is O=C(Nc1nncs1)C12C[C@H]3C[C@@H](CC(Cl)(C3)C1)C2. The number of halogens is 1. The number of nitrogens with one attached hydrogen (secondary N) is 1. The molecule has 1 aromatic rings. The largest absolute Gasteiger partial charge is 0.300 e. The molecule has 1 heterocycles.